The summed E-state index contributed by atoms with van der Waals surface area (Å²) >= 11 is 0. The minimum absolute atomic E-state index is 0.227. The lowest BCUT2D eigenvalue weighted by Gasteiger charge is -2.36. The van der Waals surface area contributed by atoms with Crippen molar-refractivity contribution in [2.24, 2.45) is 5.41 Å². The average Bonchev–Trinajstić information content (AvgIpc) is 2.17. The Hall–Kier alpha value is -0.410. The molecule has 1 aliphatic heterocycles. The van der Waals surface area contributed by atoms with Gasteiger partial charge in [0.2, 0.25) is 0 Å². The number of rotatable bonds is 4. The van der Waals surface area contributed by atoms with Crippen LogP contribution < -0.4 is 0 Å². The van der Waals surface area contributed by atoms with E-state index in [4.69, 9.17) is 4.74 Å². The summed E-state index contributed by atoms with van der Waals surface area (Å²) in [5, 5.41) is 0. The minimum Gasteiger partial charge on any atom is -0.376 e. The van der Waals surface area contributed by atoms with Gasteiger partial charge in [-0.15, -0.1) is 0 Å². The predicted molar refractivity (Wildman–Crippen MR) is 60.9 cm³/mol. The van der Waals surface area contributed by atoms with Crippen molar-refractivity contribution >= 4 is 5.78 Å². The van der Waals surface area contributed by atoms with Gasteiger partial charge in [-0.1, -0.05) is 20.8 Å². The second-order valence-electron chi connectivity index (χ2n) is 5.08. The van der Waals surface area contributed by atoms with E-state index in [0.29, 0.717) is 6.10 Å². The Kier molecular flexibility index (Phi) is 4.29. The van der Waals surface area contributed by atoms with Gasteiger partial charge in [0.05, 0.1) is 12.7 Å². The zero-order valence-electron chi connectivity index (χ0n) is 10.4. The monoisotopic (exact) mass is 213 g/mol. The van der Waals surface area contributed by atoms with Crippen LogP contribution in [0.25, 0.3) is 0 Å². The SMILES string of the molecule is CCC1CN(CC(C)(C)C(C)=O)CCO1. The van der Waals surface area contributed by atoms with Crippen LogP contribution in [-0.2, 0) is 9.53 Å². The van der Waals surface area contributed by atoms with Crippen molar-refractivity contribution in [2.45, 2.75) is 40.2 Å². The molecule has 3 nitrogen and oxygen atoms in total. The minimum atomic E-state index is -0.227. The van der Waals surface area contributed by atoms with Crippen molar-refractivity contribution in [1.29, 1.82) is 0 Å². The smallest absolute Gasteiger partial charge is 0.136 e. The molecule has 0 amide bonds. The Balaban J connectivity index is 2.47. The topological polar surface area (TPSA) is 29.5 Å². The van der Waals surface area contributed by atoms with Crippen LogP contribution >= 0.6 is 0 Å². The summed E-state index contributed by atoms with van der Waals surface area (Å²) in [5.41, 5.74) is -0.227. The zero-order chi connectivity index (χ0) is 11.5. The van der Waals surface area contributed by atoms with Gasteiger partial charge in [-0.2, -0.15) is 0 Å². The standard InChI is InChI=1S/C12H23NO2/c1-5-11-8-13(6-7-15-11)9-12(3,4)10(2)14/h11H,5-9H2,1-4H3. The summed E-state index contributed by atoms with van der Waals surface area (Å²) in [6, 6.07) is 0. The van der Waals surface area contributed by atoms with Crippen LogP contribution in [0.15, 0.2) is 0 Å². The largest absolute Gasteiger partial charge is 0.376 e. The Labute approximate surface area is 92.8 Å². The Morgan fingerprint density at radius 3 is 2.73 bits per heavy atom. The second kappa shape index (κ2) is 5.08. The van der Waals surface area contributed by atoms with Crippen molar-refractivity contribution in [3.05, 3.63) is 0 Å². The highest BCUT2D eigenvalue weighted by atomic mass is 16.5. The van der Waals surface area contributed by atoms with Crippen molar-refractivity contribution < 1.29 is 9.53 Å². The Morgan fingerprint density at radius 1 is 1.53 bits per heavy atom. The third-order valence-corrected chi connectivity index (χ3v) is 3.25. The molecule has 1 saturated heterocycles. The number of hydrogen-bond donors (Lipinski definition) is 0. The van der Waals surface area contributed by atoms with E-state index >= 15 is 0 Å². The van der Waals surface area contributed by atoms with Crippen molar-refractivity contribution in [2.75, 3.05) is 26.2 Å². The summed E-state index contributed by atoms with van der Waals surface area (Å²) in [5.74, 6) is 0.266. The fourth-order valence-corrected chi connectivity index (χ4v) is 1.84. The van der Waals surface area contributed by atoms with Crippen molar-refractivity contribution in [3.63, 3.8) is 0 Å². The van der Waals surface area contributed by atoms with Crippen molar-refractivity contribution in [3.8, 4) is 0 Å². The summed E-state index contributed by atoms with van der Waals surface area (Å²) in [6.07, 6.45) is 1.40. The predicted octanol–water partition coefficient (Wildman–Crippen LogP) is 1.71. The van der Waals surface area contributed by atoms with Gasteiger partial charge in [0.15, 0.2) is 0 Å². The lowest BCUT2D eigenvalue weighted by atomic mass is 9.88. The van der Waals surface area contributed by atoms with E-state index in [2.05, 4.69) is 11.8 Å². The summed E-state index contributed by atoms with van der Waals surface area (Å²) < 4.78 is 5.61. The highest BCUT2D eigenvalue weighted by molar-refractivity contribution is 5.81. The molecule has 1 rings (SSSR count). The molecule has 0 N–H and O–H groups in total. The maximum atomic E-state index is 11.4. The third kappa shape index (κ3) is 3.58. The molecule has 0 aromatic rings. The fourth-order valence-electron chi connectivity index (χ4n) is 1.84. The molecular formula is C12H23NO2. The quantitative estimate of drug-likeness (QED) is 0.712. The molecule has 1 heterocycles. The average molecular weight is 213 g/mol. The van der Waals surface area contributed by atoms with Gasteiger partial charge in [-0.3, -0.25) is 9.69 Å². The molecule has 1 unspecified atom stereocenters. The van der Waals surface area contributed by atoms with Crippen LogP contribution in [0.2, 0.25) is 0 Å². The van der Waals surface area contributed by atoms with Crippen molar-refractivity contribution in [1.82, 2.24) is 4.90 Å². The highest BCUT2D eigenvalue weighted by Crippen LogP contribution is 2.20. The van der Waals surface area contributed by atoms with Crippen LogP contribution in [-0.4, -0.2) is 43.0 Å². The number of ketones is 1. The Bertz CT molecular complexity index is 226. The fraction of sp³-hybridized carbons (Fsp3) is 0.917. The molecular weight excluding hydrogens is 190 g/mol. The number of Topliss-reactive ketones (excluding diaryl/α,β-unsaturated/α-hetero) is 1. The first-order valence-electron chi connectivity index (χ1n) is 5.80. The van der Waals surface area contributed by atoms with Gasteiger partial charge in [-0.05, 0) is 13.3 Å². The van der Waals surface area contributed by atoms with Gasteiger partial charge < -0.3 is 4.74 Å². The van der Waals surface area contributed by atoms with Crippen LogP contribution in [0.1, 0.15) is 34.1 Å². The van der Waals surface area contributed by atoms with E-state index in [1.807, 2.05) is 13.8 Å². The molecule has 3 heteroatoms. The summed E-state index contributed by atoms with van der Waals surface area (Å²) in [7, 11) is 0. The molecule has 1 aliphatic rings. The number of carbonyl (C=O) groups is 1. The molecule has 15 heavy (non-hydrogen) atoms. The second-order valence-corrected chi connectivity index (χ2v) is 5.08. The van der Waals surface area contributed by atoms with E-state index < -0.39 is 0 Å². The van der Waals surface area contributed by atoms with E-state index in [0.717, 1.165) is 32.7 Å². The van der Waals surface area contributed by atoms with Gasteiger partial charge in [0, 0.05) is 25.0 Å². The molecule has 1 atom stereocenters. The number of ether oxygens (including phenoxy) is 1. The van der Waals surface area contributed by atoms with Gasteiger partial charge in [-0.25, -0.2) is 0 Å². The molecule has 0 aromatic heterocycles. The van der Waals surface area contributed by atoms with Gasteiger partial charge in [0.25, 0.3) is 0 Å². The molecule has 0 radical (unpaired) electrons. The maximum Gasteiger partial charge on any atom is 0.136 e. The third-order valence-electron chi connectivity index (χ3n) is 3.25. The number of morpholine rings is 1. The lowest BCUT2D eigenvalue weighted by Crippen LogP contribution is -2.47. The molecule has 0 bridgehead atoms. The first kappa shape index (κ1) is 12.7. The van der Waals surface area contributed by atoms with Gasteiger partial charge in [0.1, 0.15) is 5.78 Å². The first-order valence-corrected chi connectivity index (χ1v) is 5.80. The van der Waals surface area contributed by atoms with E-state index in [-0.39, 0.29) is 11.2 Å². The molecule has 0 aromatic carbocycles. The number of hydrogen-bond acceptors (Lipinski definition) is 3. The molecule has 88 valence electrons. The molecule has 0 spiro atoms. The van der Waals surface area contributed by atoms with E-state index in [1.165, 1.54) is 0 Å². The summed E-state index contributed by atoms with van der Waals surface area (Å²) in [6.45, 7) is 11.4. The normalized spacial score (nSPS) is 24.1. The number of nitrogens with zero attached hydrogens (tertiary/aromatic N) is 1. The van der Waals surface area contributed by atoms with E-state index in [1.54, 1.807) is 6.92 Å². The number of carbonyl (C=O) groups excluding carboxylic acids is 1. The van der Waals surface area contributed by atoms with Crippen LogP contribution in [0.4, 0.5) is 0 Å². The van der Waals surface area contributed by atoms with Crippen LogP contribution in [0.5, 0.6) is 0 Å². The van der Waals surface area contributed by atoms with Gasteiger partial charge >= 0.3 is 0 Å². The lowest BCUT2D eigenvalue weighted by molar-refractivity contribution is -0.127. The zero-order valence-corrected chi connectivity index (χ0v) is 10.4. The summed E-state index contributed by atoms with van der Waals surface area (Å²) in [4.78, 5) is 13.8. The molecule has 0 aliphatic carbocycles. The first-order chi connectivity index (χ1) is 6.95. The molecule has 0 saturated carbocycles. The van der Waals surface area contributed by atoms with E-state index in [9.17, 15) is 4.79 Å². The van der Waals surface area contributed by atoms with Crippen LogP contribution in [0, 0.1) is 5.41 Å². The highest BCUT2D eigenvalue weighted by Gasteiger charge is 2.29. The Morgan fingerprint density at radius 2 is 2.20 bits per heavy atom. The maximum absolute atomic E-state index is 11.4. The molecule has 1 fully saturated rings. The van der Waals surface area contributed by atoms with Crippen LogP contribution in [0.3, 0.4) is 0 Å².